The summed E-state index contributed by atoms with van der Waals surface area (Å²) in [6.07, 6.45) is 0. The van der Waals surface area contributed by atoms with Gasteiger partial charge in [0.05, 0.1) is 4.92 Å². The number of nitrogens with zero attached hydrogens (tertiary/aromatic N) is 2. The highest BCUT2D eigenvalue weighted by molar-refractivity contribution is 5.94. The lowest BCUT2D eigenvalue weighted by atomic mass is 10.1. The van der Waals surface area contributed by atoms with E-state index in [4.69, 9.17) is 0 Å². The first-order chi connectivity index (χ1) is 7.91. The van der Waals surface area contributed by atoms with Crippen LogP contribution in [0.15, 0.2) is 24.3 Å². The molecule has 0 aliphatic carbocycles. The molecule has 0 aromatic heterocycles. The Labute approximate surface area is 100 Å². The van der Waals surface area contributed by atoms with Gasteiger partial charge in [-0.25, -0.2) is 0 Å². The number of rotatable bonds is 4. The molecule has 0 radical (unpaired) electrons. The van der Waals surface area contributed by atoms with Crippen molar-refractivity contribution < 1.29 is 9.72 Å². The van der Waals surface area contributed by atoms with Gasteiger partial charge in [-0.2, -0.15) is 0 Å². The second kappa shape index (κ2) is 5.43. The first kappa shape index (κ1) is 13.2. The summed E-state index contributed by atoms with van der Waals surface area (Å²) in [5.74, 6) is 0.274. The van der Waals surface area contributed by atoms with Crippen LogP contribution in [0.4, 0.5) is 5.69 Å². The number of amides is 1. The Morgan fingerprint density at radius 1 is 1.35 bits per heavy atom. The molecule has 0 aliphatic rings. The molecule has 5 heteroatoms. The molecule has 0 saturated carbocycles. The van der Waals surface area contributed by atoms with E-state index in [0.29, 0.717) is 18.0 Å². The Morgan fingerprint density at radius 2 is 1.88 bits per heavy atom. The third-order valence-electron chi connectivity index (χ3n) is 2.31. The molecular formula is C12H16N2O3. The zero-order valence-corrected chi connectivity index (χ0v) is 10.2. The van der Waals surface area contributed by atoms with E-state index in [2.05, 4.69) is 0 Å². The molecule has 0 aliphatic heterocycles. The van der Waals surface area contributed by atoms with Crippen molar-refractivity contribution in [2.75, 3.05) is 13.6 Å². The number of nitro groups is 1. The van der Waals surface area contributed by atoms with Crippen molar-refractivity contribution >= 4 is 11.6 Å². The predicted molar refractivity (Wildman–Crippen MR) is 64.9 cm³/mol. The monoisotopic (exact) mass is 236 g/mol. The molecule has 1 aromatic rings. The van der Waals surface area contributed by atoms with Gasteiger partial charge in [-0.15, -0.1) is 0 Å². The molecule has 17 heavy (non-hydrogen) atoms. The Hall–Kier alpha value is -1.91. The molecule has 1 rings (SSSR count). The average Bonchev–Trinajstić information content (AvgIpc) is 2.27. The second-order valence-electron chi connectivity index (χ2n) is 4.38. The van der Waals surface area contributed by atoms with Gasteiger partial charge >= 0.3 is 0 Å². The quantitative estimate of drug-likeness (QED) is 0.595. The number of carbonyl (C=O) groups excluding carboxylic acids is 1. The minimum absolute atomic E-state index is 0.00642. The van der Waals surface area contributed by atoms with E-state index in [9.17, 15) is 14.9 Å². The molecule has 0 heterocycles. The van der Waals surface area contributed by atoms with Crippen LogP contribution >= 0.6 is 0 Å². The van der Waals surface area contributed by atoms with Crippen LogP contribution < -0.4 is 0 Å². The molecule has 0 bridgehead atoms. The number of hydrogen-bond donors (Lipinski definition) is 0. The number of non-ortho nitro benzene ring substituents is 1. The van der Waals surface area contributed by atoms with Gasteiger partial charge in [0.2, 0.25) is 0 Å². The molecule has 0 fully saturated rings. The van der Waals surface area contributed by atoms with Crippen LogP contribution in [0.1, 0.15) is 24.2 Å². The van der Waals surface area contributed by atoms with Crippen LogP contribution in [0.2, 0.25) is 0 Å². The van der Waals surface area contributed by atoms with Crippen LogP contribution in [-0.4, -0.2) is 29.3 Å². The fourth-order valence-corrected chi connectivity index (χ4v) is 1.58. The van der Waals surface area contributed by atoms with Crippen LogP contribution in [0, 0.1) is 16.0 Å². The van der Waals surface area contributed by atoms with Gasteiger partial charge in [-0.3, -0.25) is 14.9 Å². The number of benzene rings is 1. The fraction of sp³-hybridized carbons (Fsp3) is 0.417. The second-order valence-corrected chi connectivity index (χ2v) is 4.38. The van der Waals surface area contributed by atoms with Gasteiger partial charge in [0.25, 0.3) is 11.6 Å². The first-order valence-electron chi connectivity index (χ1n) is 5.41. The molecule has 1 amide bonds. The SMILES string of the molecule is CC(C)CN(C)C(=O)c1ccc([N+](=O)[O-])cc1. The van der Waals surface area contributed by atoms with Gasteiger partial charge in [-0.1, -0.05) is 13.8 Å². The van der Waals surface area contributed by atoms with Crippen molar-refractivity contribution in [3.05, 3.63) is 39.9 Å². The summed E-state index contributed by atoms with van der Waals surface area (Å²) in [5.41, 5.74) is 0.465. The van der Waals surface area contributed by atoms with E-state index in [-0.39, 0.29) is 11.6 Å². The number of carbonyl (C=O) groups is 1. The van der Waals surface area contributed by atoms with E-state index >= 15 is 0 Å². The molecule has 1 aromatic carbocycles. The Balaban J connectivity index is 2.79. The molecular weight excluding hydrogens is 220 g/mol. The first-order valence-corrected chi connectivity index (χ1v) is 5.41. The zero-order chi connectivity index (χ0) is 13.0. The summed E-state index contributed by atoms with van der Waals surface area (Å²) >= 11 is 0. The van der Waals surface area contributed by atoms with Gasteiger partial charge in [0.1, 0.15) is 0 Å². The van der Waals surface area contributed by atoms with Gasteiger partial charge in [0, 0.05) is 31.3 Å². The molecule has 0 spiro atoms. The fourth-order valence-electron chi connectivity index (χ4n) is 1.58. The van der Waals surface area contributed by atoms with Gasteiger partial charge < -0.3 is 4.90 Å². The Bertz CT molecular complexity index is 412. The summed E-state index contributed by atoms with van der Waals surface area (Å²) in [5, 5.41) is 10.5. The lowest BCUT2D eigenvalue weighted by Gasteiger charge is -2.19. The minimum Gasteiger partial charge on any atom is -0.341 e. The van der Waals surface area contributed by atoms with E-state index in [1.165, 1.54) is 24.3 Å². The molecule has 0 unspecified atom stereocenters. The smallest absolute Gasteiger partial charge is 0.269 e. The van der Waals surface area contributed by atoms with Crippen molar-refractivity contribution in [1.29, 1.82) is 0 Å². The molecule has 0 atom stereocenters. The third-order valence-corrected chi connectivity index (χ3v) is 2.31. The minimum atomic E-state index is -0.480. The maximum Gasteiger partial charge on any atom is 0.269 e. The molecule has 0 N–H and O–H groups in total. The van der Waals surface area contributed by atoms with Crippen LogP contribution in [0.5, 0.6) is 0 Å². The Morgan fingerprint density at radius 3 is 2.29 bits per heavy atom. The van der Waals surface area contributed by atoms with Crippen LogP contribution in [-0.2, 0) is 0 Å². The average molecular weight is 236 g/mol. The maximum atomic E-state index is 11.9. The lowest BCUT2D eigenvalue weighted by molar-refractivity contribution is -0.384. The van der Waals surface area contributed by atoms with Gasteiger partial charge in [-0.05, 0) is 18.1 Å². The van der Waals surface area contributed by atoms with E-state index in [1.807, 2.05) is 13.8 Å². The van der Waals surface area contributed by atoms with Crippen molar-refractivity contribution in [1.82, 2.24) is 4.90 Å². The highest BCUT2D eigenvalue weighted by Crippen LogP contribution is 2.13. The van der Waals surface area contributed by atoms with Crippen molar-refractivity contribution in [3.63, 3.8) is 0 Å². The third kappa shape index (κ3) is 3.55. The standard InChI is InChI=1S/C12H16N2O3/c1-9(2)8-13(3)12(15)10-4-6-11(7-5-10)14(16)17/h4-7,9H,8H2,1-3H3. The van der Waals surface area contributed by atoms with E-state index in [1.54, 1.807) is 11.9 Å². The Kier molecular flexibility index (Phi) is 4.20. The lowest BCUT2D eigenvalue weighted by Crippen LogP contribution is -2.30. The zero-order valence-electron chi connectivity index (χ0n) is 10.2. The van der Waals surface area contributed by atoms with Gasteiger partial charge in [0.15, 0.2) is 0 Å². The molecule has 5 nitrogen and oxygen atoms in total. The summed E-state index contributed by atoms with van der Waals surface area (Å²) in [4.78, 5) is 23.5. The van der Waals surface area contributed by atoms with Crippen molar-refractivity contribution in [2.45, 2.75) is 13.8 Å². The summed E-state index contributed by atoms with van der Waals surface area (Å²) in [6.45, 7) is 4.72. The largest absolute Gasteiger partial charge is 0.341 e. The normalized spacial score (nSPS) is 10.4. The number of hydrogen-bond acceptors (Lipinski definition) is 3. The maximum absolute atomic E-state index is 11.9. The summed E-state index contributed by atoms with van der Waals surface area (Å²) < 4.78 is 0. The molecule has 0 saturated heterocycles. The number of nitro benzene ring substituents is 1. The van der Waals surface area contributed by atoms with E-state index in [0.717, 1.165) is 0 Å². The summed E-state index contributed by atoms with van der Waals surface area (Å²) in [7, 11) is 1.73. The van der Waals surface area contributed by atoms with Crippen molar-refractivity contribution in [3.8, 4) is 0 Å². The highest BCUT2D eigenvalue weighted by Gasteiger charge is 2.14. The van der Waals surface area contributed by atoms with Crippen LogP contribution in [0.3, 0.4) is 0 Å². The van der Waals surface area contributed by atoms with E-state index < -0.39 is 4.92 Å². The predicted octanol–water partition coefficient (Wildman–Crippen LogP) is 2.32. The highest BCUT2D eigenvalue weighted by atomic mass is 16.6. The van der Waals surface area contributed by atoms with Crippen LogP contribution in [0.25, 0.3) is 0 Å². The topological polar surface area (TPSA) is 63.5 Å². The van der Waals surface area contributed by atoms with Crippen molar-refractivity contribution in [2.24, 2.45) is 5.92 Å². The summed E-state index contributed by atoms with van der Waals surface area (Å²) in [6, 6.07) is 5.65. The molecule has 92 valence electrons.